The van der Waals surface area contributed by atoms with Gasteiger partial charge in [0.1, 0.15) is 6.54 Å². The van der Waals surface area contributed by atoms with Gasteiger partial charge < -0.3 is 9.80 Å². The zero-order chi connectivity index (χ0) is 22.5. The summed E-state index contributed by atoms with van der Waals surface area (Å²) in [6.45, 7) is 2.53. The molecule has 1 aliphatic heterocycles. The van der Waals surface area contributed by atoms with E-state index < -0.39 is 11.2 Å². The fourth-order valence-corrected chi connectivity index (χ4v) is 4.11. The van der Waals surface area contributed by atoms with Gasteiger partial charge in [0.25, 0.3) is 5.56 Å². The Hall–Kier alpha value is -3.61. The molecule has 32 heavy (non-hydrogen) atoms. The summed E-state index contributed by atoms with van der Waals surface area (Å²) < 4.78 is 2.46. The highest BCUT2D eigenvalue weighted by Crippen LogP contribution is 2.25. The van der Waals surface area contributed by atoms with Gasteiger partial charge in [0.15, 0.2) is 0 Å². The normalized spacial score (nSPS) is 13.3. The second-order valence-corrected chi connectivity index (χ2v) is 8.21. The SMILES string of the molecule is CN(Cc1ccccc1N1CCCC1)C(=O)Cn1c(=O)ccn(Cc2ccccc2)c1=O. The number of carbonyl (C=O) groups excluding carboxylic acids is 1. The lowest BCUT2D eigenvalue weighted by molar-refractivity contribution is -0.131. The second kappa shape index (κ2) is 9.68. The number of carbonyl (C=O) groups is 1. The van der Waals surface area contributed by atoms with Crippen LogP contribution in [-0.2, 0) is 24.4 Å². The predicted molar refractivity (Wildman–Crippen MR) is 125 cm³/mol. The van der Waals surface area contributed by atoms with Crippen LogP contribution in [0, 0.1) is 0 Å². The first kappa shape index (κ1) is 21.6. The smallest absolute Gasteiger partial charge is 0.331 e. The van der Waals surface area contributed by atoms with E-state index in [9.17, 15) is 14.4 Å². The predicted octanol–water partition coefficient (Wildman–Crippen LogP) is 2.32. The number of nitrogens with zero attached hydrogens (tertiary/aromatic N) is 4. The summed E-state index contributed by atoms with van der Waals surface area (Å²) in [5, 5.41) is 0. The minimum atomic E-state index is -0.486. The van der Waals surface area contributed by atoms with Crippen molar-refractivity contribution in [2.24, 2.45) is 0 Å². The van der Waals surface area contributed by atoms with Gasteiger partial charge in [-0.2, -0.15) is 0 Å². The second-order valence-electron chi connectivity index (χ2n) is 8.21. The molecule has 0 unspecified atom stereocenters. The molecule has 0 saturated carbocycles. The van der Waals surface area contributed by atoms with E-state index in [0.717, 1.165) is 34.5 Å². The maximum absolute atomic E-state index is 12.9. The molecular formula is C25H28N4O3. The molecule has 1 aromatic heterocycles. The molecule has 1 saturated heterocycles. The van der Waals surface area contributed by atoms with Crippen LogP contribution in [0.5, 0.6) is 0 Å². The van der Waals surface area contributed by atoms with Crippen LogP contribution < -0.4 is 16.1 Å². The Labute approximate surface area is 187 Å². The molecular weight excluding hydrogens is 404 g/mol. The van der Waals surface area contributed by atoms with Gasteiger partial charge in [-0.3, -0.25) is 18.7 Å². The third-order valence-electron chi connectivity index (χ3n) is 5.90. The summed E-state index contributed by atoms with van der Waals surface area (Å²) in [7, 11) is 1.71. The summed E-state index contributed by atoms with van der Waals surface area (Å²) in [6, 6.07) is 19.0. The van der Waals surface area contributed by atoms with E-state index in [1.54, 1.807) is 11.9 Å². The van der Waals surface area contributed by atoms with E-state index in [0.29, 0.717) is 13.1 Å². The number of anilines is 1. The molecule has 2 aromatic carbocycles. The Morgan fingerprint density at radius 1 is 0.938 bits per heavy atom. The number of rotatable bonds is 7. The Morgan fingerprint density at radius 3 is 2.38 bits per heavy atom. The van der Waals surface area contributed by atoms with Crippen molar-refractivity contribution >= 4 is 11.6 Å². The molecule has 3 aromatic rings. The van der Waals surface area contributed by atoms with Gasteiger partial charge in [0.05, 0.1) is 6.54 Å². The van der Waals surface area contributed by atoms with Crippen LogP contribution in [0.3, 0.4) is 0 Å². The summed E-state index contributed by atoms with van der Waals surface area (Å²) in [5.41, 5.74) is 2.19. The Kier molecular flexibility index (Phi) is 6.54. The van der Waals surface area contributed by atoms with Crippen molar-refractivity contribution in [1.29, 1.82) is 0 Å². The highest BCUT2D eigenvalue weighted by atomic mass is 16.2. The molecule has 4 rings (SSSR count). The van der Waals surface area contributed by atoms with Crippen molar-refractivity contribution in [1.82, 2.24) is 14.0 Å². The molecule has 7 nitrogen and oxygen atoms in total. The lowest BCUT2D eigenvalue weighted by Gasteiger charge is -2.24. The van der Waals surface area contributed by atoms with Crippen LogP contribution >= 0.6 is 0 Å². The minimum absolute atomic E-state index is 0.280. The van der Waals surface area contributed by atoms with E-state index in [1.807, 2.05) is 48.5 Å². The third kappa shape index (κ3) is 4.82. The van der Waals surface area contributed by atoms with Crippen LogP contribution in [0.2, 0.25) is 0 Å². The molecule has 1 amide bonds. The lowest BCUT2D eigenvalue weighted by atomic mass is 10.1. The first-order chi connectivity index (χ1) is 15.5. The first-order valence-electron chi connectivity index (χ1n) is 10.9. The van der Waals surface area contributed by atoms with Crippen LogP contribution in [0.25, 0.3) is 0 Å². The number of benzene rings is 2. The topological polar surface area (TPSA) is 67.5 Å². The van der Waals surface area contributed by atoms with E-state index >= 15 is 0 Å². The van der Waals surface area contributed by atoms with E-state index in [4.69, 9.17) is 0 Å². The molecule has 1 fully saturated rings. The van der Waals surface area contributed by atoms with E-state index in [2.05, 4.69) is 11.0 Å². The Balaban J connectivity index is 1.50. The summed E-state index contributed by atoms with van der Waals surface area (Å²) in [4.78, 5) is 42.1. The molecule has 2 heterocycles. The molecule has 166 valence electrons. The maximum Gasteiger partial charge on any atom is 0.331 e. The summed E-state index contributed by atoms with van der Waals surface area (Å²) in [5.74, 6) is -0.280. The van der Waals surface area contributed by atoms with Crippen molar-refractivity contribution in [3.05, 3.63) is 98.8 Å². The molecule has 0 bridgehead atoms. The van der Waals surface area contributed by atoms with Gasteiger partial charge in [-0.05, 0) is 30.0 Å². The molecule has 0 aliphatic carbocycles. The van der Waals surface area contributed by atoms with Crippen molar-refractivity contribution < 1.29 is 4.79 Å². The number of amides is 1. The third-order valence-corrected chi connectivity index (χ3v) is 5.90. The lowest BCUT2D eigenvalue weighted by Crippen LogP contribution is -2.43. The molecule has 7 heteroatoms. The van der Waals surface area contributed by atoms with Crippen molar-refractivity contribution in [2.45, 2.75) is 32.5 Å². The van der Waals surface area contributed by atoms with Gasteiger partial charge in [0.2, 0.25) is 5.91 Å². The number of hydrogen-bond acceptors (Lipinski definition) is 4. The zero-order valence-electron chi connectivity index (χ0n) is 18.3. The molecule has 0 atom stereocenters. The van der Waals surface area contributed by atoms with Gasteiger partial charge in [-0.1, -0.05) is 48.5 Å². The number of para-hydroxylation sites is 1. The van der Waals surface area contributed by atoms with Crippen LogP contribution in [0.1, 0.15) is 24.0 Å². The molecule has 0 spiro atoms. The highest BCUT2D eigenvalue weighted by molar-refractivity contribution is 5.76. The number of aromatic nitrogens is 2. The molecule has 0 radical (unpaired) electrons. The van der Waals surface area contributed by atoms with Crippen LogP contribution in [0.15, 0.2) is 76.4 Å². The first-order valence-corrected chi connectivity index (χ1v) is 10.9. The maximum atomic E-state index is 12.9. The quantitative estimate of drug-likeness (QED) is 0.575. The fraction of sp³-hybridized carbons (Fsp3) is 0.320. The minimum Gasteiger partial charge on any atom is -0.371 e. The number of likely N-dealkylation sites (N-methyl/N-ethyl adjacent to an activating group) is 1. The zero-order valence-corrected chi connectivity index (χ0v) is 18.3. The monoisotopic (exact) mass is 432 g/mol. The number of hydrogen-bond donors (Lipinski definition) is 0. The van der Waals surface area contributed by atoms with E-state index in [-0.39, 0.29) is 12.5 Å². The Morgan fingerprint density at radius 2 is 1.62 bits per heavy atom. The largest absolute Gasteiger partial charge is 0.371 e. The van der Waals surface area contributed by atoms with Crippen LogP contribution in [0.4, 0.5) is 5.69 Å². The van der Waals surface area contributed by atoms with Crippen molar-refractivity contribution in [3.8, 4) is 0 Å². The van der Waals surface area contributed by atoms with Gasteiger partial charge in [-0.25, -0.2) is 4.79 Å². The van der Waals surface area contributed by atoms with Gasteiger partial charge in [-0.15, -0.1) is 0 Å². The van der Waals surface area contributed by atoms with E-state index in [1.165, 1.54) is 29.7 Å². The average Bonchev–Trinajstić information content (AvgIpc) is 3.34. The highest BCUT2D eigenvalue weighted by Gasteiger charge is 2.19. The molecule has 0 N–H and O–H groups in total. The van der Waals surface area contributed by atoms with Crippen LogP contribution in [-0.4, -0.2) is 40.1 Å². The Bertz CT molecular complexity index is 1190. The summed E-state index contributed by atoms with van der Waals surface area (Å²) in [6.07, 6.45) is 3.83. The van der Waals surface area contributed by atoms with Gasteiger partial charge in [0, 0.05) is 44.6 Å². The standard InChI is InChI=1S/C25H28N4O3/c1-26(18-21-11-5-6-12-22(21)27-14-7-8-15-27)24(31)19-29-23(30)13-16-28(25(29)32)17-20-9-3-2-4-10-20/h2-6,9-13,16H,7-8,14-15,17-19H2,1H3. The average molecular weight is 433 g/mol. The molecule has 1 aliphatic rings. The van der Waals surface area contributed by atoms with Crippen molar-refractivity contribution in [3.63, 3.8) is 0 Å². The van der Waals surface area contributed by atoms with Gasteiger partial charge >= 0.3 is 5.69 Å². The van der Waals surface area contributed by atoms with Crippen molar-refractivity contribution in [2.75, 3.05) is 25.0 Å². The fourth-order valence-electron chi connectivity index (χ4n) is 4.11. The summed E-state index contributed by atoms with van der Waals surface area (Å²) >= 11 is 0.